The lowest BCUT2D eigenvalue weighted by Crippen LogP contribution is -2.17. The Balaban J connectivity index is 1.90. The van der Waals surface area contributed by atoms with Crippen LogP contribution in [0.15, 0.2) is 34.9 Å². The van der Waals surface area contributed by atoms with Crippen LogP contribution in [0.2, 0.25) is 0 Å². The van der Waals surface area contributed by atoms with Gasteiger partial charge in [0.1, 0.15) is 21.2 Å². The molecule has 0 unspecified atom stereocenters. The SMILES string of the molecule is NC(=O)c1sc2nc(C(F)F)cc(-c3ccco3)c2c1NC(=O)c1cc([N+](=O)[O-])[nH]n1. The molecule has 0 aliphatic carbocycles. The van der Waals surface area contributed by atoms with E-state index in [-0.39, 0.29) is 37.8 Å². The molecule has 31 heavy (non-hydrogen) atoms. The fourth-order valence-electron chi connectivity index (χ4n) is 2.85. The van der Waals surface area contributed by atoms with Gasteiger partial charge in [0.05, 0.1) is 18.0 Å². The first-order valence-corrected chi connectivity index (χ1v) is 9.18. The van der Waals surface area contributed by atoms with Gasteiger partial charge in [-0.15, -0.1) is 16.4 Å². The van der Waals surface area contributed by atoms with Gasteiger partial charge in [-0.3, -0.25) is 9.59 Å². The number of nitrogens with one attached hydrogen (secondary N) is 2. The van der Waals surface area contributed by atoms with Crippen LogP contribution >= 0.6 is 11.3 Å². The van der Waals surface area contributed by atoms with Gasteiger partial charge in [0.15, 0.2) is 5.69 Å². The minimum atomic E-state index is -2.90. The number of carbonyl (C=O) groups excluding carboxylic acids is 2. The number of aromatic amines is 1. The lowest BCUT2D eigenvalue weighted by Gasteiger charge is -2.08. The first kappa shape index (κ1) is 20.1. The van der Waals surface area contributed by atoms with Crippen molar-refractivity contribution in [3.05, 3.63) is 56.9 Å². The molecule has 158 valence electrons. The van der Waals surface area contributed by atoms with E-state index in [1.807, 2.05) is 0 Å². The first-order chi connectivity index (χ1) is 14.8. The molecular formula is C17H10F2N6O5S. The molecule has 4 rings (SSSR count). The number of halogens is 2. The third kappa shape index (κ3) is 3.59. The third-order valence-corrected chi connectivity index (χ3v) is 5.25. The van der Waals surface area contributed by atoms with Crippen LogP contribution in [0.5, 0.6) is 0 Å². The average Bonchev–Trinajstić information content (AvgIpc) is 3.46. The molecule has 0 aliphatic heterocycles. The fourth-order valence-corrected chi connectivity index (χ4v) is 3.86. The number of furan rings is 1. The highest BCUT2D eigenvalue weighted by molar-refractivity contribution is 7.21. The number of pyridine rings is 1. The number of aromatic nitrogens is 3. The molecule has 4 aromatic heterocycles. The number of fused-ring (bicyclic) bond motifs is 1. The molecule has 0 fully saturated rings. The number of nitrogens with two attached hydrogens (primary N) is 1. The Morgan fingerprint density at radius 2 is 2.13 bits per heavy atom. The fraction of sp³-hybridized carbons (Fsp3) is 0.0588. The van der Waals surface area contributed by atoms with Crippen LogP contribution in [0.1, 0.15) is 32.3 Å². The minimum Gasteiger partial charge on any atom is -0.464 e. The number of nitro groups is 1. The molecule has 0 radical (unpaired) electrons. The van der Waals surface area contributed by atoms with Gasteiger partial charge in [0.2, 0.25) is 0 Å². The largest absolute Gasteiger partial charge is 0.464 e. The summed E-state index contributed by atoms with van der Waals surface area (Å²) in [7, 11) is 0. The van der Waals surface area contributed by atoms with Crippen LogP contribution in [-0.4, -0.2) is 31.9 Å². The number of anilines is 1. The molecule has 2 amide bonds. The van der Waals surface area contributed by atoms with E-state index in [0.717, 1.165) is 12.1 Å². The quantitative estimate of drug-likeness (QED) is 0.299. The predicted molar refractivity (Wildman–Crippen MR) is 104 cm³/mol. The molecule has 0 saturated carbocycles. The number of primary amides is 1. The van der Waals surface area contributed by atoms with E-state index in [9.17, 15) is 28.5 Å². The summed E-state index contributed by atoms with van der Waals surface area (Å²) in [6, 6.07) is 5.02. The number of hydrogen-bond acceptors (Lipinski definition) is 8. The highest BCUT2D eigenvalue weighted by Crippen LogP contribution is 2.42. The van der Waals surface area contributed by atoms with E-state index in [4.69, 9.17) is 10.2 Å². The van der Waals surface area contributed by atoms with Gasteiger partial charge in [-0.05, 0) is 23.1 Å². The van der Waals surface area contributed by atoms with Gasteiger partial charge in [0.25, 0.3) is 18.2 Å². The summed E-state index contributed by atoms with van der Waals surface area (Å²) < 4.78 is 32.0. The van der Waals surface area contributed by atoms with Crippen LogP contribution in [0.25, 0.3) is 21.5 Å². The molecule has 4 N–H and O–H groups in total. The molecule has 0 aliphatic rings. The first-order valence-electron chi connectivity index (χ1n) is 8.36. The topological polar surface area (TPSA) is 170 Å². The maximum Gasteiger partial charge on any atom is 0.343 e. The predicted octanol–water partition coefficient (Wildman–Crippen LogP) is 3.48. The Morgan fingerprint density at radius 3 is 2.71 bits per heavy atom. The smallest absolute Gasteiger partial charge is 0.343 e. The van der Waals surface area contributed by atoms with Gasteiger partial charge in [-0.25, -0.2) is 13.8 Å². The van der Waals surface area contributed by atoms with E-state index in [2.05, 4.69) is 20.5 Å². The second-order valence-electron chi connectivity index (χ2n) is 6.07. The van der Waals surface area contributed by atoms with Crippen LogP contribution in [-0.2, 0) is 0 Å². The van der Waals surface area contributed by atoms with Crippen LogP contribution in [0.3, 0.4) is 0 Å². The molecule has 14 heteroatoms. The van der Waals surface area contributed by atoms with E-state index in [0.29, 0.717) is 11.3 Å². The van der Waals surface area contributed by atoms with E-state index < -0.39 is 34.7 Å². The van der Waals surface area contributed by atoms with Gasteiger partial charge in [-0.1, -0.05) is 5.10 Å². The summed E-state index contributed by atoms with van der Waals surface area (Å²) >= 11 is 0.710. The number of thiophene rings is 1. The van der Waals surface area contributed by atoms with Gasteiger partial charge in [-0.2, -0.15) is 0 Å². The van der Waals surface area contributed by atoms with Crippen molar-refractivity contribution >= 4 is 44.9 Å². The molecule has 0 spiro atoms. The molecular weight excluding hydrogens is 438 g/mol. The van der Waals surface area contributed by atoms with Crippen molar-refractivity contribution in [2.45, 2.75) is 6.43 Å². The van der Waals surface area contributed by atoms with Crippen LogP contribution in [0.4, 0.5) is 20.3 Å². The Labute approximate surface area is 174 Å². The number of H-pyrrole nitrogens is 1. The van der Waals surface area contributed by atoms with Crippen molar-refractivity contribution in [3.8, 4) is 11.3 Å². The van der Waals surface area contributed by atoms with E-state index in [1.165, 1.54) is 18.4 Å². The Hall–Kier alpha value is -4.20. The minimum absolute atomic E-state index is 0.0151. The van der Waals surface area contributed by atoms with Crippen molar-refractivity contribution in [1.29, 1.82) is 0 Å². The Morgan fingerprint density at radius 1 is 1.35 bits per heavy atom. The Kier molecular flexibility index (Phi) is 4.90. The zero-order chi connectivity index (χ0) is 22.3. The molecule has 11 nitrogen and oxygen atoms in total. The second-order valence-corrected chi connectivity index (χ2v) is 7.07. The Bertz CT molecular complexity index is 1330. The number of nitrogens with zero attached hydrogens (tertiary/aromatic N) is 3. The maximum atomic E-state index is 13.4. The number of alkyl halides is 2. The molecule has 0 atom stereocenters. The van der Waals surface area contributed by atoms with Crippen molar-refractivity contribution in [2.24, 2.45) is 5.73 Å². The number of rotatable bonds is 6. The van der Waals surface area contributed by atoms with Crippen LogP contribution in [0, 0.1) is 10.1 Å². The molecule has 4 aromatic rings. The number of amides is 2. The second kappa shape index (κ2) is 7.56. The highest BCUT2D eigenvalue weighted by atomic mass is 32.1. The van der Waals surface area contributed by atoms with Crippen molar-refractivity contribution in [3.63, 3.8) is 0 Å². The van der Waals surface area contributed by atoms with E-state index >= 15 is 0 Å². The summed E-state index contributed by atoms with van der Waals surface area (Å²) in [6.45, 7) is 0. The van der Waals surface area contributed by atoms with Crippen molar-refractivity contribution in [1.82, 2.24) is 15.2 Å². The monoisotopic (exact) mass is 448 g/mol. The third-order valence-electron chi connectivity index (χ3n) is 4.15. The van der Waals surface area contributed by atoms with Gasteiger partial charge in [0, 0.05) is 10.9 Å². The van der Waals surface area contributed by atoms with E-state index in [1.54, 1.807) is 0 Å². The molecule has 0 bridgehead atoms. The zero-order valence-electron chi connectivity index (χ0n) is 15.1. The average molecular weight is 448 g/mol. The highest BCUT2D eigenvalue weighted by Gasteiger charge is 2.27. The van der Waals surface area contributed by atoms with Gasteiger partial charge >= 0.3 is 5.82 Å². The summed E-state index contributed by atoms with van der Waals surface area (Å²) in [5.41, 5.74) is 4.58. The van der Waals surface area contributed by atoms with Crippen LogP contribution < -0.4 is 11.1 Å². The molecule has 4 heterocycles. The summed E-state index contributed by atoms with van der Waals surface area (Å²) in [4.78, 5) is 38.4. The number of hydrogen-bond donors (Lipinski definition) is 3. The van der Waals surface area contributed by atoms with Crippen molar-refractivity contribution in [2.75, 3.05) is 5.32 Å². The van der Waals surface area contributed by atoms with Crippen molar-refractivity contribution < 1.29 is 27.7 Å². The molecule has 0 saturated heterocycles. The summed E-state index contributed by atoms with van der Waals surface area (Å²) in [5.74, 6) is -2.16. The van der Waals surface area contributed by atoms with Gasteiger partial charge < -0.3 is 25.6 Å². The standard InChI is InChI=1S/C17H10F2N6O5S/c18-14(19)7-4-6(9-2-1-3-30-9)11-12(13(15(20)26)31-17(11)21-7)22-16(27)8-5-10(24-23-8)25(28)29/h1-5,14H,(H2,20,26)(H,22,27)(H,23,24). The normalized spacial score (nSPS) is 11.2. The number of carbonyl (C=O) groups is 2. The lowest BCUT2D eigenvalue weighted by atomic mass is 10.1. The maximum absolute atomic E-state index is 13.4. The summed E-state index contributed by atoms with van der Waals surface area (Å²) in [6.07, 6.45) is -1.58. The lowest BCUT2D eigenvalue weighted by molar-refractivity contribution is -0.389. The summed E-state index contributed by atoms with van der Waals surface area (Å²) in [5, 5.41) is 19.0. The molecule has 0 aromatic carbocycles. The zero-order valence-corrected chi connectivity index (χ0v) is 15.9.